The van der Waals surface area contributed by atoms with E-state index < -0.39 is 0 Å². The van der Waals surface area contributed by atoms with Gasteiger partial charge >= 0.3 is 0 Å². The van der Waals surface area contributed by atoms with Crippen LogP contribution in [0.3, 0.4) is 0 Å². The summed E-state index contributed by atoms with van der Waals surface area (Å²) >= 11 is 0. The molecule has 1 saturated heterocycles. The lowest BCUT2D eigenvalue weighted by Gasteiger charge is -2.39. The summed E-state index contributed by atoms with van der Waals surface area (Å²) in [5.74, 6) is 1.68. The Balaban J connectivity index is 0.00000133. The molecule has 0 saturated carbocycles. The zero-order valence-corrected chi connectivity index (χ0v) is 11.3. The van der Waals surface area contributed by atoms with Crippen molar-refractivity contribution in [1.29, 1.82) is 0 Å². The van der Waals surface area contributed by atoms with Crippen LogP contribution in [0.15, 0.2) is 54.6 Å². The minimum Gasteiger partial charge on any atom is -0.457 e. The smallest absolute Gasteiger partial charge is 0.127 e. The van der Waals surface area contributed by atoms with Crippen molar-refractivity contribution in [3.05, 3.63) is 60.2 Å². The Morgan fingerprint density at radius 3 is 2.00 bits per heavy atom. The highest BCUT2D eigenvalue weighted by atomic mass is 35.5. The van der Waals surface area contributed by atoms with E-state index in [0.717, 1.165) is 30.2 Å². The minimum atomic E-state index is -0.203. The van der Waals surface area contributed by atoms with Gasteiger partial charge in [0.1, 0.15) is 11.5 Å². The van der Waals surface area contributed by atoms with Crippen molar-refractivity contribution in [3.63, 3.8) is 0 Å². The molecule has 0 radical (unpaired) electrons. The summed E-state index contributed by atoms with van der Waals surface area (Å²) in [6.45, 7) is 1.68. The van der Waals surface area contributed by atoms with E-state index in [0.29, 0.717) is 0 Å². The van der Waals surface area contributed by atoms with Gasteiger partial charge in [-0.25, -0.2) is 0 Å². The van der Waals surface area contributed by atoms with E-state index in [-0.39, 0.29) is 17.9 Å². The molecule has 0 bridgehead atoms. The molecule has 3 nitrogen and oxygen atoms in total. The van der Waals surface area contributed by atoms with Gasteiger partial charge in [-0.15, -0.1) is 12.4 Å². The molecule has 100 valence electrons. The molecular weight excluding hydrogens is 260 g/mol. The molecule has 0 amide bonds. The fraction of sp³-hybridized carbons (Fsp3) is 0.200. The topological polar surface area (TPSA) is 47.3 Å². The molecule has 0 atom stereocenters. The van der Waals surface area contributed by atoms with Crippen LogP contribution >= 0.6 is 12.4 Å². The Morgan fingerprint density at radius 2 is 1.47 bits per heavy atom. The molecular formula is C15H17ClN2O. The molecule has 1 heterocycles. The Morgan fingerprint density at radius 1 is 0.895 bits per heavy atom. The second-order valence-corrected chi connectivity index (χ2v) is 4.70. The lowest BCUT2D eigenvalue weighted by atomic mass is 9.85. The van der Waals surface area contributed by atoms with Gasteiger partial charge in [-0.05, 0) is 29.8 Å². The number of benzene rings is 2. The number of halogens is 1. The molecule has 0 spiro atoms. The van der Waals surface area contributed by atoms with Gasteiger partial charge in [-0.1, -0.05) is 30.3 Å². The zero-order chi connectivity index (χ0) is 12.4. The quantitative estimate of drug-likeness (QED) is 0.906. The number of nitrogens with two attached hydrogens (primary N) is 1. The van der Waals surface area contributed by atoms with Crippen LogP contribution in [-0.4, -0.2) is 13.1 Å². The summed E-state index contributed by atoms with van der Waals surface area (Å²) in [7, 11) is 0. The van der Waals surface area contributed by atoms with Crippen molar-refractivity contribution >= 4 is 12.4 Å². The van der Waals surface area contributed by atoms with Crippen molar-refractivity contribution in [2.24, 2.45) is 5.73 Å². The van der Waals surface area contributed by atoms with Gasteiger partial charge in [0, 0.05) is 13.1 Å². The molecule has 1 aliphatic rings. The predicted octanol–water partition coefficient (Wildman–Crippen LogP) is 2.66. The van der Waals surface area contributed by atoms with Gasteiger partial charge in [0.2, 0.25) is 0 Å². The molecule has 19 heavy (non-hydrogen) atoms. The van der Waals surface area contributed by atoms with E-state index in [4.69, 9.17) is 10.5 Å². The van der Waals surface area contributed by atoms with Gasteiger partial charge in [-0.2, -0.15) is 0 Å². The molecule has 1 aliphatic heterocycles. The molecule has 3 N–H and O–H groups in total. The number of ether oxygens (including phenoxy) is 1. The maximum absolute atomic E-state index is 6.22. The second-order valence-electron chi connectivity index (χ2n) is 4.70. The van der Waals surface area contributed by atoms with Crippen LogP contribution in [0.25, 0.3) is 0 Å². The average molecular weight is 277 g/mol. The van der Waals surface area contributed by atoms with Crippen molar-refractivity contribution in [2.45, 2.75) is 5.54 Å². The average Bonchev–Trinajstić information content (AvgIpc) is 2.38. The summed E-state index contributed by atoms with van der Waals surface area (Å²) in [5, 5.41) is 3.20. The summed E-state index contributed by atoms with van der Waals surface area (Å²) in [5.41, 5.74) is 7.17. The van der Waals surface area contributed by atoms with Gasteiger partial charge in [0.25, 0.3) is 0 Å². The van der Waals surface area contributed by atoms with Crippen LogP contribution < -0.4 is 15.8 Å². The highest BCUT2D eigenvalue weighted by Crippen LogP contribution is 2.26. The van der Waals surface area contributed by atoms with Gasteiger partial charge in [0.05, 0.1) is 5.54 Å². The van der Waals surface area contributed by atoms with Gasteiger partial charge in [-0.3, -0.25) is 0 Å². The van der Waals surface area contributed by atoms with Crippen molar-refractivity contribution < 1.29 is 4.74 Å². The second kappa shape index (κ2) is 5.61. The monoisotopic (exact) mass is 276 g/mol. The SMILES string of the molecule is Cl.NC1(c2ccc(Oc3ccccc3)cc2)CNC1. The number of nitrogens with one attached hydrogen (secondary N) is 1. The van der Waals surface area contributed by atoms with E-state index in [1.807, 2.05) is 54.6 Å². The van der Waals surface area contributed by atoms with Crippen LogP contribution in [0.4, 0.5) is 0 Å². The molecule has 2 aromatic rings. The third-order valence-electron chi connectivity index (χ3n) is 3.29. The van der Waals surface area contributed by atoms with E-state index in [1.165, 1.54) is 0 Å². The summed E-state index contributed by atoms with van der Waals surface area (Å²) < 4.78 is 5.74. The first-order chi connectivity index (χ1) is 8.76. The maximum Gasteiger partial charge on any atom is 0.127 e. The maximum atomic E-state index is 6.22. The Hall–Kier alpha value is -1.55. The third-order valence-corrected chi connectivity index (χ3v) is 3.29. The molecule has 3 rings (SSSR count). The van der Waals surface area contributed by atoms with Crippen molar-refractivity contribution in [1.82, 2.24) is 5.32 Å². The standard InChI is InChI=1S/C15H16N2O.ClH/c16-15(10-17-11-15)12-6-8-14(9-7-12)18-13-4-2-1-3-5-13;/h1-9,17H,10-11,16H2;1H. The molecule has 0 aromatic heterocycles. The normalized spacial score (nSPS) is 16.1. The minimum absolute atomic E-state index is 0. The van der Waals surface area contributed by atoms with E-state index in [2.05, 4.69) is 5.32 Å². The lowest BCUT2D eigenvalue weighted by Crippen LogP contribution is -2.62. The van der Waals surface area contributed by atoms with Gasteiger partial charge in [0.15, 0.2) is 0 Å². The highest BCUT2D eigenvalue weighted by Gasteiger charge is 2.33. The Labute approximate surface area is 119 Å². The first kappa shape index (κ1) is 13.9. The fourth-order valence-corrected chi connectivity index (χ4v) is 2.08. The lowest BCUT2D eigenvalue weighted by molar-refractivity contribution is 0.287. The molecule has 0 unspecified atom stereocenters. The molecule has 2 aromatic carbocycles. The van der Waals surface area contributed by atoms with Crippen LogP contribution in [0.2, 0.25) is 0 Å². The van der Waals surface area contributed by atoms with Crippen molar-refractivity contribution in [2.75, 3.05) is 13.1 Å². The molecule has 1 fully saturated rings. The number of rotatable bonds is 3. The van der Waals surface area contributed by atoms with E-state index in [1.54, 1.807) is 0 Å². The van der Waals surface area contributed by atoms with Crippen LogP contribution in [0, 0.1) is 0 Å². The van der Waals surface area contributed by atoms with Crippen LogP contribution in [0.1, 0.15) is 5.56 Å². The van der Waals surface area contributed by atoms with E-state index in [9.17, 15) is 0 Å². The third kappa shape index (κ3) is 2.89. The van der Waals surface area contributed by atoms with Gasteiger partial charge < -0.3 is 15.8 Å². The summed E-state index contributed by atoms with van der Waals surface area (Å²) in [6.07, 6.45) is 0. The first-order valence-electron chi connectivity index (χ1n) is 6.09. The van der Waals surface area contributed by atoms with Crippen molar-refractivity contribution in [3.8, 4) is 11.5 Å². The summed E-state index contributed by atoms with van der Waals surface area (Å²) in [6, 6.07) is 17.8. The molecule has 0 aliphatic carbocycles. The number of para-hydroxylation sites is 1. The van der Waals surface area contributed by atoms with E-state index >= 15 is 0 Å². The predicted molar refractivity (Wildman–Crippen MR) is 78.9 cm³/mol. The fourth-order valence-electron chi connectivity index (χ4n) is 2.08. The van der Waals surface area contributed by atoms with Crippen LogP contribution in [-0.2, 0) is 5.54 Å². The first-order valence-corrected chi connectivity index (χ1v) is 6.09. The van der Waals surface area contributed by atoms with Crippen LogP contribution in [0.5, 0.6) is 11.5 Å². The zero-order valence-electron chi connectivity index (χ0n) is 10.5. The Bertz CT molecular complexity index is 524. The highest BCUT2D eigenvalue weighted by molar-refractivity contribution is 5.85. The Kier molecular flexibility index (Phi) is 4.10. The molecule has 4 heteroatoms. The summed E-state index contributed by atoms with van der Waals surface area (Å²) in [4.78, 5) is 0. The number of hydrogen-bond donors (Lipinski definition) is 2. The largest absolute Gasteiger partial charge is 0.457 e. The number of hydrogen-bond acceptors (Lipinski definition) is 3.